The van der Waals surface area contributed by atoms with E-state index in [1.54, 1.807) is 11.5 Å². The normalized spacial score (nSPS) is 10.0. The summed E-state index contributed by atoms with van der Waals surface area (Å²) in [6.45, 7) is 1.97. The number of carbonyl (C=O) groups excluding carboxylic acids is 1. The summed E-state index contributed by atoms with van der Waals surface area (Å²) in [5, 5.41) is 8.73. The molecule has 0 saturated heterocycles. The third kappa shape index (κ3) is 2.34. The molecule has 0 aliphatic carbocycles. The van der Waals surface area contributed by atoms with Crippen LogP contribution in [0.15, 0.2) is 48.5 Å². The molecule has 17 heavy (non-hydrogen) atoms. The third-order valence-electron chi connectivity index (χ3n) is 2.61. The lowest BCUT2D eigenvalue weighted by atomic mass is 9.97. The van der Waals surface area contributed by atoms with E-state index in [1.807, 2.05) is 49.4 Å². The topological polar surface area (TPSA) is 49.3 Å². The lowest BCUT2D eigenvalue weighted by Gasteiger charge is -2.09. The Morgan fingerprint density at radius 3 is 2.47 bits per heavy atom. The largest absolute Gasteiger partial charge is 0.288 e. The second-order valence-electron chi connectivity index (χ2n) is 3.86. The minimum atomic E-state index is -0.496. The van der Waals surface area contributed by atoms with Gasteiger partial charge in [0.05, 0.1) is 0 Å². The van der Waals surface area contributed by atoms with Crippen LogP contribution in [0.1, 0.15) is 15.9 Å². The quantitative estimate of drug-likeness (QED) is 0.612. The average molecular weight is 227 g/mol. The van der Waals surface area contributed by atoms with E-state index in [-0.39, 0.29) is 0 Å². The molecule has 3 heteroatoms. The monoisotopic (exact) mass is 227 g/mol. The first-order valence-electron chi connectivity index (χ1n) is 5.33. The molecular formula is C14H13NO2. The van der Waals surface area contributed by atoms with Crippen LogP contribution in [0.5, 0.6) is 0 Å². The minimum absolute atomic E-state index is 0.462. The molecule has 1 amide bonds. The van der Waals surface area contributed by atoms with Crippen molar-refractivity contribution in [2.75, 3.05) is 0 Å². The number of carbonyl (C=O) groups is 1. The number of hydrogen-bond donors (Lipinski definition) is 2. The molecule has 2 aromatic rings. The van der Waals surface area contributed by atoms with E-state index in [0.717, 1.165) is 16.7 Å². The lowest BCUT2D eigenvalue weighted by molar-refractivity contribution is 0.0707. The molecule has 86 valence electrons. The molecule has 0 radical (unpaired) electrons. The summed E-state index contributed by atoms with van der Waals surface area (Å²) < 4.78 is 0. The van der Waals surface area contributed by atoms with E-state index in [0.29, 0.717) is 5.56 Å². The Balaban J connectivity index is 2.59. The van der Waals surface area contributed by atoms with Crippen molar-refractivity contribution in [2.45, 2.75) is 6.92 Å². The molecule has 0 aromatic heterocycles. The number of nitrogens with one attached hydrogen (secondary N) is 1. The molecule has 0 saturated carbocycles. The molecule has 0 fully saturated rings. The van der Waals surface area contributed by atoms with Crippen LogP contribution in [0, 0.1) is 6.92 Å². The second kappa shape index (κ2) is 4.80. The Labute approximate surface area is 99.7 Å². The van der Waals surface area contributed by atoms with Crippen LogP contribution in [0.25, 0.3) is 11.1 Å². The van der Waals surface area contributed by atoms with Crippen LogP contribution in [0.3, 0.4) is 0 Å². The fourth-order valence-electron chi connectivity index (χ4n) is 1.77. The number of benzene rings is 2. The van der Waals surface area contributed by atoms with Gasteiger partial charge in [-0.1, -0.05) is 48.0 Å². The number of hydrogen-bond acceptors (Lipinski definition) is 2. The molecule has 3 nitrogen and oxygen atoms in total. The van der Waals surface area contributed by atoms with Crippen molar-refractivity contribution < 1.29 is 10.0 Å². The van der Waals surface area contributed by atoms with Gasteiger partial charge in [0.1, 0.15) is 0 Å². The van der Waals surface area contributed by atoms with Crippen molar-refractivity contribution in [1.82, 2.24) is 5.48 Å². The Morgan fingerprint density at radius 2 is 1.82 bits per heavy atom. The average Bonchev–Trinajstić information content (AvgIpc) is 2.39. The second-order valence-corrected chi connectivity index (χ2v) is 3.86. The van der Waals surface area contributed by atoms with Gasteiger partial charge in [0.2, 0.25) is 0 Å². The summed E-state index contributed by atoms with van der Waals surface area (Å²) in [7, 11) is 0. The maximum absolute atomic E-state index is 11.6. The van der Waals surface area contributed by atoms with E-state index in [9.17, 15) is 4.79 Å². The highest BCUT2D eigenvalue weighted by atomic mass is 16.5. The number of aryl methyl sites for hydroxylation is 1. The minimum Gasteiger partial charge on any atom is -0.288 e. The van der Waals surface area contributed by atoms with Crippen LogP contribution < -0.4 is 5.48 Å². The molecule has 0 aliphatic heterocycles. The standard InChI is InChI=1S/C14H13NO2/c1-10-7-8-12(14(16)15-17)13(9-10)11-5-3-2-4-6-11/h2-9,17H,1H3,(H,15,16). The molecule has 2 N–H and O–H groups in total. The van der Waals surface area contributed by atoms with Crippen LogP contribution in [-0.4, -0.2) is 11.1 Å². The van der Waals surface area contributed by atoms with Crippen LogP contribution in [0.4, 0.5) is 0 Å². The van der Waals surface area contributed by atoms with Crippen LogP contribution in [-0.2, 0) is 0 Å². The van der Waals surface area contributed by atoms with Gasteiger partial charge >= 0.3 is 0 Å². The van der Waals surface area contributed by atoms with Gasteiger partial charge in [0.25, 0.3) is 5.91 Å². The van der Waals surface area contributed by atoms with Crippen LogP contribution >= 0.6 is 0 Å². The summed E-state index contributed by atoms with van der Waals surface area (Å²) in [5.41, 5.74) is 4.97. The molecule has 0 heterocycles. The van der Waals surface area contributed by atoms with Gasteiger partial charge in [-0.15, -0.1) is 0 Å². The van der Waals surface area contributed by atoms with Gasteiger partial charge < -0.3 is 0 Å². The van der Waals surface area contributed by atoms with Gasteiger partial charge in [-0.05, 0) is 24.1 Å². The predicted octanol–water partition coefficient (Wildman–Crippen LogP) is 2.78. The number of rotatable bonds is 2. The van der Waals surface area contributed by atoms with Gasteiger partial charge in [-0.25, -0.2) is 5.48 Å². The first-order chi connectivity index (χ1) is 8.22. The van der Waals surface area contributed by atoms with Gasteiger partial charge in [0, 0.05) is 5.56 Å². The zero-order chi connectivity index (χ0) is 12.3. The van der Waals surface area contributed by atoms with Crippen molar-refractivity contribution in [3.63, 3.8) is 0 Å². The summed E-state index contributed by atoms with van der Waals surface area (Å²) in [5.74, 6) is -0.496. The molecule has 0 atom stereocenters. The predicted molar refractivity (Wildman–Crippen MR) is 65.9 cm³/mol. The zero-order valence-electron chi connectivity index (χ0n) is 9.47. The highest BCUT2D eigenvalue weighted by Crippen LogP contribution is 2.24. The molecule has 2 rings (SSSR count). The number of hydroxylamine groups is 1. The van der Waals surface area contributed by atoms with E-state index in [4.69, 9.17) is 5.21 Å². The third-order valence-corrected chi connectivity index (χ3v) is 2.61. The zero-order valence-corrected chi connectivity index (χ0v) is 9.47. The van der Waals surface area contributed by atoms with Crippen LogP contribution in [0.2, 0.25) is 0 Å². The van der Waals surface area contributed by atoms with E-state index in [1.165, 1.54) is 0 Å². The summed E-state index contributed by atoms with van der Waals surface area (Å²) >= 11 is 0. The SMILES string of the molecule is Cc1ccc(C(=O)NO)c(-c2ccccc2)c1. The smallest absolute Gasteiger partial charge is 0.275 e. The van der Waals surface area contributed by atoms with Gasteiger partial charge in [-0.2, -0.15) is 0 Å². The van der Waals surface area contributed by atoms with Crippen molar-refractivity contribution >= 4 is 5.91 Å². The molecule has 0 unspecified atom stereocenters. The molecule has 2 aromatic carbocycles. The molecule has 0 aliphatic rings. The highest BCUT2D eigenvalue weighted by Gasteiger charge is 2.11. The highest BCUT2D eigenvalue weighted by molar-refractivity contribution is 6.00. The summed E-state index contributed by atoms with van der Waals surface area (Å²) in [6.07, 6.45) is 0. The first-order valence-corrected chi connectivity index (χ1v) is 5.33. The summed E-state index contributed by atoms with van der Waals surface area (Å²) in [4.78, 5) is 11.6. The Morgan fingerprint density at radius 1 is 1.12 bits per heavy atom. The fourth-order valence-corrected chi connectivity index (χ4v) is 1.77. The first kappa shape index (κ1) is 11.4. The van der Waals surface area contributed by atoms with Gasteiger partial charge in [0.15, 0.2) is 0 Å². The van der Waals surface area contributed by atoms with E-state index >= 15 is 0 Å². The lowest BCUT2D eigenvalue weighted by Crippen LogP contribution is -2.19. The van der Waals surface area contributed by atoms with Crippen molar-refractivity contribution in [3.8, 4) is 11.1 Å². The Kier molecular flexibility index (Phi) is 3.21. The van der Waals surface area contributed by atoms with Gasteiger partial charge in [-0.3, -0.25) is 10.0 Å². The summed E-state index contributed by atoms with van der Waals surface area (Å²) in [6, 6.07) is 15.1. The maximum atomic E-state index is 11.6. The Bertz CT molecular complexity index is 535. The Hall–Kier alpha value is -2.13. The molecule has 0 bridgehead atoms. The molecule has 0 spiro atoms. The van der Waals surface area contributed by atoms with E-state index < -0.39 is 5.91 Å². The van der Waals surface area contributed by atoms with Crippen molar-refractivity contribution in [3.05, 3.63) is 59.7 Å². The van der Waals surface area contributed by atoms with Crippen molar-refractivity contribution in [2.24, 2.45) is 0 Å². The maximum Gasteiger partial charge on any atom is 0.275 e. The molecular weight excluding hydrogens is 214 g/mol. The van der Waals surface area contributed by atoms with Crippen molar-refractivity contribution in [1.29, 1.82) is 0 Å². The van der Waals surface area contributed by atoms with E-state index in [2.05, 4.69) is 0 Å². The number of amides is 1. The fraction of sp³-hybridized carbons (Fsp3) is 0.0714.